The van der Waals surface area contributed by atoms with Gasteiger partial charge in [0.25, 0.3) is 5.91 Å². The molecular weight excluding hydrogens is 276 g/mol. The Labute approximate surface area is 129 Å². The van der Waals surface area contributed by atoms with E-state index in [1.54, 1.807) is 4.90 Å². The van der Waals surface area contributed by atoms with Gasteiger partial charge in [0.05, 0.1) is 12.1 Å². The van der Waals surface area contributed by atoms with Crippen molar-refractivity contribution in [1.82, 2.24) is 20.0 Å². The molecule has 5 nitrogen and oxygen atoms in total. The lowest BCUT2D eigenvalue weighted by Crippen LogP contribution is -2.37. The summed E-state index contributed by atoms with van der Waals surface area (Å²) in [6.07, 6.45) is 3.34. The van der Waals surface area contributed by atoms with Gasteiger partial charge < -0.3 is 10.2 Å². The summed E-state index contributed by atoms with van der Waals surface area (Å²) in [6.45, 7) is 4.72. The van der Waals surface area contributed by atoms with Crippen LogP contribution in [0.4, 0.5) is 0 Å². The minimum absolute atomic E-state index is 0.0603. The van der Waals surface area contributed by atoms with Crippen molar-refractivity contribution < 1.29 is 4.79 Å². The van der Waals surface area contributed by atoms with Crippen LogP contribution < -0.4 is 5.32 Å². The molecule has 1 N–H and O–H groups in total. The third kappa shape index (κ3) is 2.00. The fourth-order valence-corrected chi connectivity index (χ4v) is 3.19. The molecule has 3 heterocycles. The van der Waals surface area contributed by atoms with E-state index in [1.165, 1.54) is 0 Å². The van der Waals surface area contributed by atoms with Gasteiger partial charge in [0.15, 0.2) is 0 Å². The van der Waals surface area contributed by atoms with Crippen LogP contribution in [0.15, 0.2) is 24.3 Å². The van der Waals surface area contributed by atoms with E-state index in [0.29, 0.717) is 5.92 Å². The molecule has 22 heavy (non-hydrogen) atoms. The van der Waals surface area contributed by atoms with Crippen LogP contribution in [0.3, 0.4) is 0 Å². The molecule has 2 aliphatic rings. The Hall–Kier alpha value is -2.30. The maximum absolute atomic E-state index is 12.5. The third-order valence-electron chi connectivity index (χ3n) is 4.61. The van der Waals surface area contributed by atoms with Gasteiger partial charge in [0.1, 0.15) is 5.69 Å². The number of amides is 1. The van der Waals surface area contributed by atoms with Gasteiger partial charge in [-0.1, -0.05) is 19.1 Å². The number of nitrogens with zero attached hydrogens (tertiary/aromatic N) is 3. The quantitative estimate of drug-likeness (QED) is 0.876. The van der Waals surface area contributed by atoms with E-state index in [9.17, 15) is 4.79 Å². The van der Waals surface area contributed by atoms with Gasteiger partial charge in [-0.2, -0.15) is 5.10 Å². The van der Waals surface area contributed by atoms with Gasteiger partial charge in [-0.15, -0.1) is 0 Å². The lowest BCUT2D eigenvalue weighted by Gasteiger charge is -2.23. The van der Waals surface area contributed by atoms with Crippen LogP contribution in [0.5, 0.6) is 0 Å². The Balaban J connectivity index is 1.82. The monoisotopic (exact) mass is 296 g/mol. The molecule has 0 radical (unpaired) electrons. The lowest BCUT2D eigenvalue weighted by atomic mass is 9.99. The van der Waals surface area contributed by atoms with E-state index < -0.39 is 0 Å². The van der Waals surface area contributed by atoms with E-state index in [2.05, 4.69) is 35.5 Å². The summed E-state index contributed by atoms with van der Waals surface area (Å²) in [4.78, 5) is 14.2. The fourth-order valence-electron chi connectivity index (χ4n) is 3.19. The minimum atomic E-state index is 0.0603. The second-order valence-electron chi connectivity index (χ2n) is 6.37. The summed E-state index contributed by atoms with van der Waals surface area (Å²) in [7, 11) is 1.85. The number of carbonyl (C=O) groups is 1. The van der Waals surface area contributed by atoms with Crippen molar-refractivity contribution >= 4 is 22.5 Å². The largest absolute Gasteiger partial charge is 0.385 e. The number of allylic oxidation sites excluding steroid dienone is 1. The highest BCUT2D eigenvalue weighted by Crippen LogP contribution is 2.27. The first kappa shape index (κ1) is 13.4. The Morgan fingerprint density at radius 1 is 1.32 bits per heavy atom. The molecule has 1 aromatic carbocycles. The van der Waals surface area contributed by atoms with Crippen molar-refractivity contribution in [3.05, 3.63) is 35.5 Å². The minimum Gasteiger partial charge on any atom is -0.385 e. The molecule has 0 fully saturated rings. The molecule has 4 rings (SSSR count). The zero-order valence-corrected chi connectivity index (χ0v) is 13.0. The number of likely N-dealkylation sites (N-methyl/N-ethyl adjacent to an activating group) is 1. The van der Waals surface area contributed by atoms with E-state index in [1.807, 2.05) is 17.8 Å². The van der Waals surface area contributed by atoms with Crippen LogP contribution in [0.2, 0.25) is 0 Å². The molecule has 2 aliphatic heterocycles. The summed E-state index contributed by atoms with van der Waals surface area (Å²) in [5.41, 5.74) is 3.91. The summed E-state index contributed by atoms with van der Waals surface area (Å²) in [5.74, 6) is 0.733. The van der Waals surface area contributed by atoms with E-state index in [4.69, 9.17) is 0 Å². The Morgan fingerprint density at radius 2 is 2.18 bits per heavy atom. The number of benzene rings is 1. The van der Waals surface area contributed by atoms with Gasteiger partial charge in [-0.25, -0.2) is 0 Å². The zero-order chi connectivity index (χ0) is 15.3. The summed E-state index contributed by atoms with van der Waals surface area (Å²) in [5, 5.41) is 9.00. The summed E-state index contributed by atoms with van der Waals surface area (Å²) >= 11 is 0. The van der Waals surface area contributed by atoms with Crippen LogP contribution in [0.25, 0.3) is 16.6 Å². The van der Waals surface area contributed by atoms with Crippen LogP contribution in [0, 0.1) is 5.92 Å². The maximum atomic E-state index is 12.5. The molecular formula is C17H20N4O. The second kappa shape index (κ2) is 4.87. The highest BCUT2D eigenvalue weighted by atomic mass is 16.2. The molecule has 0 spiro atoms. The predicted octanol–water partition coefficient (Wildman–Crippen LogP) is 2.09. The average Bonchev–Trinajstić information content (AvgIpc) is 2.90. The molecule has 0 saturated carbocycles. The molecule has 0 saturated heterocycles. The maximum Gasteiger partial charge on any atom is 0.272 e. The number of carbonyl (C=O) groups excluding carboxylic acids is 1. The van der Waals surface area contributed by atoms with Crippen molar-refractivity contribution in [3.63, 3.8) is 0 Å². The first-order valence-corrected chi connectivity index (χ1v) is 7.84. The molecule has 1 amide bonds. The first-order valence-electron chi connectivity index (χ1n) is 7.84. The number of aromatic nitrogens is 2. The molecule has 114 valence electrons. The van der Waals surface area contributed by atoms with Crippen LogP contribution in [0.1, 0.15) is 29.4 Å². The smallest absolute Gasteiger partial charge is 0.272 e. The fraction of sp³-hybridized carbons (Fsp3) is 0.412. The van der Waals surface area contributed by atoms with E-state index in [0.717, 1.165) is 53.9 Å². The van der Waals surface area contributed by atoms with Gasteiger partial charge in [-0.05, 0) is 30.0 Å². The topological polar surface area (TPSA) is 50.2 Å². The highest BCUT2D eigenvalue weighted by molar-refractivity contribution is 6.06. The van der Waals surface area contributed by atoms with Crippen molar-refractivity contribution in [1.29, 1.82) is 0 Å². The normalized spacial score (nSPS) is 21.5. The van der Waals surface area contributed by atoms with Gasteiger partial charge in [0, 0.05) is 31.2 Å². The van der Waals surface area contributed by atoms with Gasteiger partial charge in [-0.3, -0.25) is 9.48 Å². The van der Waals surface area contributed by atoms with Crippen molar-refractivity contribution in [2.45, 2.75) is 19.9 Å². The molecule has 1 atom stereocenters. The predicted molar refractivity (Wildman–Crippen MR) is 86.5 cm³/mol. The zero-order valence-electron chi connectivity index (χ0n) is 13.0. The number of hydrogen-bond acceptors (Lipinski definition) is 3. The number of hydrogen-bond donors (Lipinski definition) is 1. The number of nitrogens with one attached hydrogen (secondary N) is 1. The third-order valence-corrected chi connectivity index (χ3v) is 4.61. The van der Waals surface area contributed by atoms with E-state index >= 15 is 0 Å². The summed E-state index contributed by atoms with van der Waals surface area (Å²) in [6, 6.07) is 6.20. The van der Waals surface area contributed by atoms with Crippen LogP contribution >= 0.6 is 0 Å². The second-order valence-corrected chi connectivity index (χ2v) is 6.37. The van der Waals surface area contributed by atoms with Gasteiger partial charge in [0.2, 0.25) is 0 Å². The van der Waals surface area contributed by atoms with Crippen molar-refractivity contribution in [2.75, 3.05) is 20.1 Å². The molecule has 2 aromatic rings. The molecule has 1 unspecified atom stereocenters. The molecule has 0 bridgehead atoms. The van der Waals surface area contributed by atoms with Crippen molar-refractivity contribution in [2.24, 2.45) is 5.92 Å². The van der Waals surface area contributed by atoms with Crippen LogP contribution in [-0.4, -0.2) is 40.7 Å². The SMILES string of the molecule is CC1CC=C(c2ccc3nn4c(c3c2)C(=O)N(C)CC4)NC1. The van der Waals surface area contributed by atoms with Crippen molar-refractivity contribution in [3.8, 4) is 0 Å². The highest BCUT2D eigenvalue weighted by Gasteiger charge is 2.26. The molecule has 5 heteroatoms. The van der Waals surface area contributed by atoms with Gasteiger partial charge >= 0.3 is 0 Å². The summed E-state index contributed by atoms with van der Waals surface area (Å²) < 4.78 is 1.85. The number of fused-ring (bicyclic) bond motifs is 3. The first-order chi connectivity index (χ1) is 10.6. The Morgan fingerprint density at radius 3 is 2.95 bits per heavy atom. The molecule has 0 aliphatic carbocycles. The molecule has 1 aromatic heterocycles. The lowest BCUT2D eigenvalue weighted by molar-refractivity contribution is 0.0745. The van der Waals surface area contributed by atoms with E-state index in [-0.39, 0.29) is 5.91 Å². The Bertz CT molecular complexity index is 789. The Kier molecular flexibility index (Phi) is 2.96. The average molecular weight is 296 g/mol. The number of rotatable bonds is 1. The standard InChI is InChI=1S/C17H20N4O/c1-11-3-5-14(18-10-11)12-4-6-15-13(9-12)16-17(22)20(2)7-8-21(16)19-15/h4-6,9,11,18H,3,7-8,10H2,1-2H3. The van der Waals surface area contributed by atoms with Crippen LogP contribution in [-0.2, 0) is 6.54 Å².